The van der Waals surface area contributed by atoms with Crippen LogP contribution in [-0.4, -0.2) is 22.5 Å². The van der Waals surface area contributed by atoms with Crippen molar-refractivity contribution in [2.45, 2.75) is 20.2 Å². The number of hydrogen-bond acceptors (Lipinski definition) is 1. The van der Waals surface area contributed by atoms with Crippen LogP contribution in [0.25, 0.3) is 0 Å². The molecule has 0 aromatic carbocycles. The third-order valence-corrected chi connectivity index (χ3v) is 1.49. The molecule has 0 aromatic rings. The second kappa shape index (κ2) is 3.18. The predicted octanol–water partition coefficient (Wildman–Crippen LogP) is -0.371. The molecule has 0 bridgehead atoms. The van der Waals surface area contributed by atoms with Crippen molar-refractivity contribution < 1.29 is 4.65 Å². The summed E-state index contributed by atoms with van der Waals surface area (Å²) in [5.41, 5.74) is 0.370. The van der Waals surface area contributed by atoms with Crippen molar-refractivity contribution in [3.8, 4) is 0 Å². The van der Waals surface area contributed by atoms with Crippen LogP contribution in [0.5, 0.6) is 0 Å². The third-order valence-electron chi connectivity index (χ3n) is 1.49. The van der Waals surface area contributed by atoms with Gasteiger partial charge in [-0.25, -0.2) is 0 Å². The normalized spacial score (nSPS) is 11.8. The fourth-order valence-electron chi connectivity index (χ4n) is 0.493. The highest BCUT2D eigenvalue weighted by Gasteiger charge is 2.12. The van der Waals surface area contributed by atoms with Gasteiger partial charge in [0.2, 0.25) is 0 Å². The lowest BCUT2D eigenvalue weighted by atomic mass is 9.80. The van der Waals surface area contributed by atoms with Crippen molar-refractivity contribution in [1.29, 1.82) is 0 Å². The molecule has 46 valence electrons. The maximum Gasteiger partial charge on any atom is 0.257 e. The zero-order valence-electron chi connectivity index (χ0n) is 6.32. The zero-order chi connectivity index (χ0) is 6.62. The fraction of sp³-hybridized carbons (Fsp3) is 1.00. The van der Waals surface area contributed by atoms with E-state index in [9.17, 15) is 0 Å². The highest BCUT2D eigenvalue weighted by molar-refractivity contribution is 6.09. The van der Waals surface area contributed by atoms with Crippen molar-refractivity contribution in [3.05, 3.63) is 0 Å². The SMILES string of the molecule is BCC(C)(C)COB. The van der Waals surface area contributed by atoms with Crippen LogP contribution >= 0.6 is 0 Å². The van der Waals surface area contributed by atoms with Gasteiger partial charge < -0.3 is 4.65 Å². The maximum absolute atomic E-state index is 5.00. The summed E-state index contributed by atoms with van der Waals surface area (Å²) in [5.74, 6) is 0. The van der Waals surface area contributed by atoms with Crippen LogP contribution in [0.1, 0.15) is 13.8 Å². The molecule has 0 radical (unpaired) electrons. The van der Waals surface area contributed by atoms with Gasteiger partial charge in [-0.3, -0.25) is 0 Å². The van der Waals surface area contributed by atoms with Crippen LogP contribution in [0, 0.1) is 5.41 Å². The van der Waals surface area contributed by atoms with Crippen molar-refractivity contribution in [3.63, 3.8) is 0 Å². The Morgan fingerprint density at radius 2 is 2.00 bits per heavy atom. The van der Waals surface area contributed by atoms with E-state index in [4.69, 9.17) is 4.65 Å². The maximum atomic E-state index is 5.00. The largest absolute Gasteiger partial charge is 0.443 e. The van der Waals surface area contributed by atoms with E-state index in [1.165, 1.54) is 6.32 Å². The van der Waals surface area contributed by atoms with Gasteiger partial charge in [-0.1, -0.05) is 20.2 Å². The summed E-state index contributed by atoms with van der Waals surface area (Å²) in [6, 6.07) is 0. The van der Waals surface area contributed by atoms with E-state index >= 15 is 0 Å². The van der Waals surface area contributed by atoms with Crippen LogP contribution in [0.2, 0.25) is 6.32 Å². The molecule has 0 fully saturated rings. The van der Waals surface area contributed by atoms with E-state index in [0.29, 0.717) is 5.41 Å². The van der Waals surface area contributed by atoms with Crippen molar-refractivity contribution >= 4 is 15.9 Å². The van der Waals surface area contributed by atoms with E-state index in [1.54, 1.807) is 8.05 Å². The summed E-state index contributed by atoms with van der Waals surface area (Å²) in [6.07, 6.45) is 1.18. The molecular formula is C5H14B2O. The lowest BCUT2D eigenvalue weighted by molar-refractivity contribution is 0.213. The molecule has 0 aliphatic carbocycles. The molecule has 0 saturated heterocycles. The van der Waals surface area contributed by atoms with Crippen molar-refractivity contribution in [2.75, 3.05) is 6.61 Å². The predicted molar refractivity (Wildman–Crippen MR) is 41.6 cm³/mol. The van der Waals surface area contributed by atoms with Crippen LogP contribution < -0.4 is 0 Å². The minimum absolute atomic E-state index is 0.370. The average molecular weight is 112 g/mol. The Morgan fingerprint density at radius 1 is 1.50 bits per heavy atom. The Kier molecular flexibility index (Phi) is 3.22. The van der Waals surface area contributed by atoms with Gasteiger partial charge in [-0.05, 0) is 5.41 Å². The molecule has 0 spiro atoms. The summed E-state index contributed by atoms with van der Waals surface area (Å²) in [6.45, 7) is 5.27. The molecule has 0 atom stereocenters. The highest BCUT2D eigenvalue weighted by Crippen LogP contribution is 2.17. The Labute approximate surface area is 53.7 Å². The summed E-state index contributed by atoms with van der Waals surface area (Å²) in [7, 11) is 3.93. The second-order valence-electron chi connectivity index (χ2n) is 2.95. The molecule has 0 heterocycles. The lowest BCUT2D eigenvalue weighted by Gasteiger charge is -2.21. The van der Waals surface area contributed by atoms with Crippen LogP contribution in [0.15, 0.2) is 0 Å². The molecular weight excluding hydrogens is 97.7 g/mol. The van der Waals surface area contributed by atoms with Gasteiger partial charge in [0.15, 0.2) is 0 Å². The smallest absolute Gasteiger partial charge is 0.257 e. The molecule has 0 unspecified atom stereocenters. The molecule has 0 aliphatic heterocycles. The van der Waals surface area contributed by atoms with Gasteiger partial charge >= 0.3 is 0 Å². The van der Waals surface area contributed by atoms with Crippen LogP contribution in [0.3, 0.4) is 0 Å². The Bertz CT molecular complexity index is 63.4. The van der Waals surface area contributed by atoms with Crippen molar-refractivity contribution in [1.82, 2.24) is 0 Å². The number of rotatable bonds is 3. The fourth-order valence-corrected chi connectivity index (χ4v) is 0.493. The van der Waals surface area contributed by atoms with Crippen LogP contribution in [-0.2, 0) is 4.65 Å². The summed E-state index contributed by atoms with van der Waals surface area (Å²) < 4.78 is 5.00. The number of hydrogen-bond donors (Lipinski definition) is 0. The first-order chi connectivity index (χ1) is 3.62. The lowest BCUT2D eigenvalue weighted by Crippen LogP contribution is -2.17. The molecule has 0 amide bonds. The molecule has 0 aromatic heterocycles. The summed E-state index contributed by atoms with van der Waals surface area (Å²) in [4.78, 5) is 0. The Balaban J connectivity index is 3.37. The first-order valence-corrected chi connectivity index (χ1v) is 3.11. The van der Waals surface area contributed by atoms with Crippen LogP contribution in [0.4, 0.5) is 0 Å². The minimum atomic E-state index is 0.370. The molecule has 0 rings (SSSR count). The molecule has 8 heavy (non-hydrogen) atoms. The Morgan fingerprint density at radius 3 is 2.12 bits per heavy atom. The van der Waals surface area contributed by atoms with Gasteiger partial charge in [0.05, 0.1) is 0 Å². The first kappa shape index (κ1) is 8.09. The molecule has 3 heteroatoms. The quantitative estimate of drug-likeness (QED) is 0.452. The zero-order valence-corrected chi connectivity index (χ0v) is 6.32. The first-order valence-electron chi connectivity index (χ1n) is 3.11. The van der Waals surface area contributed by atoms with E-state index in [1.807, 2.05) is 0 Å². The molecule has 0 N–H and O–H groups in total. The van der Waals surface area contributed by atoms with E-state index in [0.717, 1.165) is 6.61 Å². The van der Waals surface area contributed by atoms with Gasteiger partial charge in [-0.2, -0.15) is 0 Å². The standard InChI is InChI=1S/C5H14B2O/c1-5(2,3-6)4-8-7/h3-4,6-7H2,1-2H3. The minimum Gasteiger partial charge on any atom is -0.443 e. The van der Waals surface area contributed by atoms with Gasteiger partial charge in [-0.15, -0.1) is 0 Å². The van der Waals surface area contributed by atoms with Gasteiger partial charge in [0.25, 0.3) is 8.05 Å². The molecule has 1 nitrogen and oxygen atoms in total. The monoisotopic (exact) mass is 112 g/mol. The third kappa shape index (κ3) is 3.14. The average Bonchev–Trinajstić information content (AvgIpc) is 1.67. The Hall–Kier alpha value is 0.0899. The van der Waals surface area contributed by atoms with E-state index in [2.05, 4.69) is 21.7 Å². The van der Waals surface area contributed by atoms with Gasteiger partial charge in [0.1, 0.15) is 7.85 Å². The topological polar surface area (TPSA) is 9.23 Å². The second-order valence-corrected chi connectivity index (χ2v) is 2.95. The highest BCUT2D eigenvalue weighted by atomic mass is 16.4. The summed E-state index contributed by atoms with van der Waals surface area (Å²) in [5, 5.41) is 0. The van der Waals surface area contributed by atoms with Crippen molar-refractivity contribution in [2.24, 2.45) is 5.41 Å². The van der Waals surface area contributed by atoms with Gasteiger partial charge in [0, 0.05) is 6.61 Å². The van der Waals surface area contributed by atoms with E-state index in [-0.39, 0.29) is 0 Å². The molecule has 0 aliphatic rings. The van der Waals surface area contributed by atoms with E-state index < -0.39 is 0 Å². The summed E-state index contributed by atoms with van der Waals surface area (Å²) >= 11 is 0. The molecule has 0 saturated carbocycles.